The number of halogens is 2. The van der Waals surface area contributed by atoms with Gasteiger partial charge in [-0.15, -0.1) is 0 Å². The number of hydrogen-bond donors (Lipinski definition) is 1. The maximum absolute atomic E-state index is 12.4. The van der Waals surface area contributed by atoms with Crippen molar-refractivity contribution in [1.29, 1.82) is 5.26 Å². The van der Waals surface area contributed by atoms with Gasteiger partial charge in [-0.1, -0.05) is 0 Å². The molecule has 0 aliphatic heterocycles. The summed E-state index contributed by atoms with van der Waals surface area (Å²) in [6.07, 6.45) is -2.52. The lowest BCUT2D eigenvalue weighted by Gasteiger charge is -2.05. The van der Waals surface area contributed by atoms with E-state index in [4.69, 9.17) is 10.4 Å². The molecule has 0 atom stereocenters. The minimum atomic E-state index is -3.09. The Morgan fingerprint density at radius 3 is 2.69 bits per heavy atom. The van der Waals surface area contributed by atoms with E-state index in [2.05, 4.69) is 4.98 Å². The van der Waals surface area contributed by atoms with Crippen molar-refractivity contribution in [3.8, 4) is 6.07 Å². The number of nitriles is 1. The fourth-order valence-electron chi connectivity index (χ4n) is 1.18. The van der Waals surface area contributed by atoms with Crippen LogP contribution in [0.15, 0.2) is 6.20 Å². The van der Waals surface area contributed by atoms with Crippen molar-refractivity contribution in [2.75, 3.05) is 0 Å². The molecule has 0 amide bonds. The van der Waals surface area contributed by atoms with Gasteiger partial charge < -0.3 is 5.11 Å². The van der Waals surface area contributed by atoms with E-state index in [1.165, 1.54) is 6.07 Å². The number of nitro groups is 1. The maximum atomic E-state index is 12.4. The molecule has 8 heteroatoms. The third kappa shape index (κ3) is 1.94. The molecule has 84 valence electrons. The average Bonchev–Trinajstić information content (AvgIpc) is 2.26. The molecule has 1 heterocycles. The molecule has 0 unspecified atom stereocenters. The first-order valence-corrected chi connectivity index (χ1v) is 3.98. The Bertz CT molecular complexity index is 470. The van der Waals surface area contributed by atoms with Crippen LogP contribution in [0.5, 0.6) is 0 Å². The zero-order chi connectivity index (χ0) is 12.3. The summed E-state index contributed by atoms with van der Waals surface area (Å²) in [5.74, 6) is 0. The number of rotatable bonds is 3. The number of hydrogen-bond acceptors (Lipinski definition) is 5. The van der Waals surface area contributed by atoms with Crippen LogP contribution in [0.4, 0.5) is 14.5 Å². The minimum absolute atomic E-state index is 0.432. The predicted octanol–water partition coefficient (Wildman–Crippen LogP) is 1.29. The Hall–Kier alpha value is -2.14. The van der Waals surface area contributed by atoms with E-state index in [9.17, 15) is 18.9 Å². The summed E-state index contributed by atoms with van der Waals surface area (Å²) >= 11 is 0. The van der Waals surface area contributed by atoms with Gasteiger partial charge in [0, 0.05) is 6.20 Å². The summed E-state index contributed by atoms with van der Waals surface area (Å²) in [6, 6.07) is 1.49. The van der Waals surface area contributed by atoms with Crippen LogP contribution in [0.2, 0.25) is 0 Å². The fourth-order valence-corrected chi connectivity index (χ4v) is 1.18. The molecule has 1 rings (SSSR count). The molecule has 0 fully saturated rings. The van der Waals surface area contributed by atoms with Gasteiger partial charge in [-0.2, -0.15) is 5.26 Å². The van der Waals surface area contributed by atoms with Gasteiger partial charge in [0.05, 0.1) is 17.1 Å². The lowest BCUT2D eigenvalue weighted by Crippen LogP contribution is -2.05. The van der Waals surface area contributed by atoms with Gasteiger partial charge in [0.25, 0.3) is 12.1 Å². The summed E-state index contributed by atoms with van der Waals surface area (Å²) < 4.78 is 24.9. The smallest absolute Gasteiger partial charge is 0.288 e. The molecule has 0 spiro atoms. The summed E-state index contributed by atoms with van der Waals surface area (Å²) in [6.45, 7) is -0.896. The Kier molecular flexibility index (Phi) is 3.42. The zero-order valence-corrected chi connectivity index (χ0v) is 7.72. The van der Waals surface area contributed by atoms with Crippen molar-refractivity contribution in [1.82, 2.24) is 4.98 Å². The normalized spacial score (nSPS) is 10.2. The number of alkyl halides is 2. The second kappa shape index (κ2) is 4.59. The molecular formula is C8H5F2N3O3. The highest BCUT2D eigenvalue weighted by atomic mass is 19.3. The first kappa shape index (κ1) is 11.9. The van der Waals surface area contributed by atoms with E-state index < -0.39 is 40.5 Å². The Balaban J connectivity index is 3.58. The lowest BCUT2D eigenvalue weighted by atomic mass is 10.1. The Morgan fingerprint density at radius 2 is 2.31 bits per heavy atom. The molecule has 1 aromatic heterocycles. The fraction of sp³-hybridized carbons (Fsp3) is 0.250. The first-order valence-electron chi connectivity index (χ1n) is 3.98. The second-order valence-electron chi connectivity index (χ2n) is 2.72. The van der Waals surface area contributed by atoms with Crippen LogP contribution < -0.4 is 0 Å². The van der Waals surface area contributed by atoms with Crippen molar-refractivity contribution in [3.05, 3.63) is 33.1 Å². The molecule has 16 heavy (non-hydrogen) atoms. The lowest BCUT2D eigenvalue weighted by molar-refractivity contribution is -0.387. The maximum Gasteiger partial charge on any atom is 0.288 e. The molecule has 0 aliphatic rings. The Morgan fingerprint density at radius 1 is 1.69 bits per heavy atom. The largest absolute Gasteiger partial charge is 0.391 e. The van der Waals surface area contributed by atoms with Crippen LogP contribution in [0.25, 0.3) is 0 Å². The predicted molar refractivity (Wildman–Crippen MR) is 46.5 cm³/mol. The average molecular weight is 229 g/mol. The van der Waals surface area contributed by atoms with Gasteiger partial charge in [-0.3, -0.25) is 10.1 Å². The van der Waals surface area contributed by atoms with Crippen LogP contribution in [0.3, 0.4) is 0 Å². The third-order valence-electron chi connectivity index (χ3n) is 1.86. The molecule has 0 radical (unpaired) electrons. The van der Waals surface area contributed by atoms with Crippen LogP contribution in [0, 0.1) is 21.4 Å². The quantitative estimate of drug-likeness (QED) is 0.621. The highest BCUT2D eigenvalue weighted by Crippen LogP contribution is 2.32. The highest BCUT2D eigenvalue weighted by molar-refractivity contribution is 5.52. The molecule has 0 aromatic carbocycles. The van der Waals surface area contributed by atoms with Crippen LogP contribution >= 0.6 is 0 Å². The van der Waals surface area contributed by atoms with E-state index in [-0.39, 0.29) is 0 Å². The number of pyridine rings is 1. The molecule has 1 N–H and O–H groups in total. The van der Waals surface area contributed by atoms with Crippen molar-refractivity contribution in [3.63, 3.8) is 0 Å². The number of aliphatic hydroxyl groups is 1. The zero-order valence-electron chi connectivity index (χ0n) is 7.72. The van der Waals surface area contributed by atoms with Crippen LogP contribution in [0.1, 0.15) is 23.2 Å². The summed E-state index contributed by atoms with van der Waals surface area (Å²) in [5, 5.41) is 28.0. The first-order chi connectivity index (χ1) is 7.52. The van der Waals surface area contributed by atoms with Crippen molar-refractivity contribution < 1.29 is 18.8 Å². The van der Waals surface area contributed by atoms with Crippen molar-refractivity contribution in [2.24, 2.45) is 0 Å². The minimum Gasteiger partial charge on any atom is -0.391 e. The second-order valence-corrected chi connectivity index (χ2v) is 2.72. The van der Waals surface area contributed by atoms with Gasteiger partial charge in [-0.25, -0.2) is 13.8 Å². The topological polar surface area (TPSA) is 100 Å². The van der Waals surface area contributed by atoms with Gasteiger partial charge in [0.15, 0.2) is 5.69 Å². The van der Waals surface area contributed by atoms with E-state index in [1.54, 1.807) is 0 Å². The van der Waals surface area contributed by atoms with Gasteiger partial charge >= 0.3 is 0 Å². The number of nitrogens with zero attached hydrogens (tertiary/aromatic N) is 3. The summed E-state index contributed by atoms with van der Waals surface area (Å²) in [7, 11) is 0. The van der Waals surface area contributed by atoms with Gasteiger partial charge in [0.1, 0.15) is 11.6 Å². The standard InChI is InChI=1S/C8H5F2N3O3/c9-8(10)4-2-12-6(1-11)5(3-14)7(4)13(15)16/h2,8,14H,3H2. The van der Waals surface area contributed by atoms with Gasteiger partial charge in [0.2, 0.25) is 0 Å². The number of aromatic nitrogens is 1. The third-order valence-corrected chi connectivity index (χ3v) is 1.86. The van der Waals surface area contributed by atoms with Gasteiger partial charge in [-0.05, 0) is 0 Å². The molecule has 6 nitrogen and oxygen atoms in total. The SMILES string of the molecule is N#Cc1ncc(C(F)F)c([N+](=O)[O-])c1CO. The molecule has 0 aliphatic carbocycles. The van der Waals surface area contributed by atoms with Crippen LogP contribution in [-0.2, 0) is 6.61 Å². The molecular weight excluding hydrogens is 224 g/mol. The van der Waals surface area contributed by atoms with Crippen LogP contribution in [-0.4, -0.2) is 15.0 Å². The molecule has 0 saturated carbocycles. The van der Waals surface area contributed by atoms with E-state index in [0.29, 0.717) is 6.20 Å². The monoisotopic (exact) mass is 229 g/mol. The molecule has 1 aromatic rings. The van der Waals surface area contributed by atoms with E-state index >= 15 is 0 Å². The summed E-state index contributed by atoms with van der Waals surface area (Å²) in [5.41, 5.74) is -2.79. The van der Waals surface area contributed by atoms with E-state index in [1.807, 2.05) is 0 Å². The molecule has 0 bridgehead atoms. The number of aliphatic hydroxyl groups excluding tert-OH is 1. The van der Waals surface area contributed by atoms with Crippen molar-refractivity contribution >= 4 is 5.69 Å². The highest BCUT2D eigenvalue weighted by Gasteiger charge is 2.28. The Labute approximate surface area is 87.9 Å². The van der Waals surface area contributed by atoms with E-state index in [0.717, 1.165) is 0 Å². The summed E-state index contributed by atoms with van der Waals surface area (Å²) in [4.78, 5) is 12.9. The van der Waals surface area contributed by atoms with Crippen molar-refractivity contribution in [2.45, 2.75) is 13.0 Å². The molecule has 0 saturated heterocycles.